The fraction of sp³-hybridized carbons (Fsp3) is 0.273. The summed E-state index contributed by atoms with van der Waals surface area (Å²) in [5.74, 6) is 1.27. The van der Waals surface area contributed by atoms with Crippen LogP contribution in [0.15, 0.2) is 29.2 Å². The third-order valence-electron chi connectivity index (χ3n) is 2.22. The zero-order valence-corrected chi connectivity index (χ0v) is 10.5. The van der Waals surface area contributed by atoms with Crippen molar-refractivity contribution in [3.8, 4) is 0 Å². The molecule has 16 heavy (non-hydrogen) atoms. The van der Waals surface area contributed by atoms with Crippen LogP contribution in [0.2, 0.25) is 0 Å². The molecule has 2 aromatic rings. The number of aromatic nitrogens is 2. The lowest BCUT2D eigenvalue weighted by molar-refractivity contribution is 0.888. The van der Waals surface area contributed by atoms with Gasteiger partial charge in [-0.3, -0.25) is 4.98 Å². The zero-order chi connectivity index (χ0) is 11.4. The van der Waals surface area contributed by atoms with Gasteiger partial charge in [0.05, 0.1) is 24.0 Å². The van der Waals surface area contributed by atoms with E-state index in [-0.39, 0.29) is 0 Å². The molecule has 3 nitrogen and oxygen atoms in total. The molecule has 0 aliphatic heterocycles. The topological polar surface area (TPSA) is 29.0 Å². The average molecular weight is 254 g/mol. The molecule has 0 atom stereocenters. The Morgan fingerprint density at radius 3 is 2.81 bits per heavy atom. The van der Waals surface area contributed by atoms with Gasteiger partial charge in [0, 0.05) is 13.6 Å². The van der Waals surface area contributed by atoms with Crippen molar-refractivity contribution < 1.29 is 0 Å². The molecule has 0 amide bonds. The van der Waals surface area contributed by atoms with Crippen molar-refractivity contribution in [2.24, 2.45) is 0 Å². The number of thiophene rings is 1. The van der Waals surface area contributed by atoms with Gasteiger partial charge in [-0.25, -0.2) is 4.98 Å². The molecule has 0 unspecified atom stereocenters. The van der Waals surface area contributed by atoms with E-state index in [0.29, 0.717) is 5.88 Å². The van der Waals surface area contributed by atoms with Gasteiger partial charge in [0.2, 0.25) is 0 Å². The molecule has 2 heterocycles. The highest BCUT2D eigenvalue weighted by Gasteiger charge is 2.04. The summed E-state index contributed by atoms with van der Waals surface area (Å²) in [6.45, 7) is 0.846. The van der Waals surface area contributed by atoms with Gasteiger partial charge in [-0.05, 0) is 22.4 Å². The quantitative estimate of drug-likeness (QED) is 0.785. The van der Waals surface area contributed by atoms with Crippen LogP contribution in [0.3, 0.4) is 0 Å². The first-order valence-electron chi connectivity index (χ1n) is 4.88. The Hall–Kier alpha value is -1.13. The Morgan fingerprint density at radius 2 is 2.25 bits per heavy atom. The van der Waals surface area contributed by atoms with Crippen LogP contribution in [-0.4, -0.2) is 17.0 Å². The Kier molecular flexibility index (Phi) is 3.74. The smallest absolute Gasteiger partial charge is 0.147 e. The number of hydrogen-bond donors (Lipinski definition) is 0. The highest BCUT2D eigenvalue weighted by atomic mass is 35.5. The van der Waals surface area contributed by atoms with Gasteiger partial charge in [0.1, 0.15) is 5.82 Å². The molecule has 2 rings (SSSR count). The van der Waals surface area contributed by atoms with E-state index in [1.54, 1.807) is 23.7 Å². The van der Waals surface area contributed by atoms with Crippen molar-refractivity contribution in [1.29, 1.82) is 0 Å². The van der Waals surface area contributed by atoms with Crippen LogP contribution in [0.5, 0.6) is 0 Å². The fourth-order valence-corrected chi connectivity index (χ4v) is 2.15. The van der Waals surface area contributed by atoms with E-state index in [1.807, 2.05) is 7.05 Å². The van der Waals surface area contributed by atoms with Crippen LogP contribution in [0, 0.1) is 0 Å². The van der Waals surface area contributed by atoms with Gasteiger partial charge in [-0.15, -0.1) is 11.6 Å². The number of alkyl halides is 1. The highest BCUT2D eigenvalue weighted by Crippen LogP contribution is 2.13. The van der Waals surface area contributed by atoms with Crippen LogP contribution in [0.25, 0.3) is 0 Å². The molecule has 0 fully saturated rings. The summed E-state index contributed by atoms with van der Waals surface area (Å²) >= 11 is 7.36. The normalized spacial score (nSPS) is 10.4. The molecule has 0 aromatic carbocycles. The molecule has 0 radical (unpaired) electrons. The van der Waals surface area contributed by atoms with Crippen molar-refractivity contribution in [2.45, 2.75) is 12.4 Å². The molecule has 0 spiro atoms. The Labute approximate surface area is 104 Å². The monoisotopic (exact) mass is 253 g/mol. The molecular weight excluding hydrogens is 242 g/mol. The molecule has 2 aromatic heterocycles. The largest absolute Gasteiger partial charge is 0.354 e. The van der Waals surface area contributed by atoms with Crippen LogP contribution in [0.1, 0.15) is 11.3 Å². The summed E-state index contributed by atoms with van der Waals surface area (Å²) in [4.78, 5) is 10.6. The lowest BCUT2D eigenvalue weighted by Crippen LogP contribution is -2.17. The molecule has 0 saturated heterocycles. The molecule has 84 valence electrons. The van der Waals surface area contributed by atoms with Gasteiger partial charge in [0.25, 0.3) is 0 Å². The summed E-state index contributed by atoms with van der Waals surface area (Å²) in [6.07, 6.45) is 3.47. The van der Waals surface area contributed by atoms with Crippen LogP contribution in [0.4, 0.5) is 5.82 Å². The maximum Gasteiger partial charge on any atom is 0.147 e. The van der Waals surface area contributed by atoms with E-state index in [4.69, 9.17) is 11.6 Å². The minimum atomic E-state index is 0.404. The van der Waals surface area contributed by atoms with Gasteiger partial charge in [-0.1, -0.05) is 0 Å². The van der Waals surface area contributed by atoms with Crippen molar-refractivity contribution in [2.75, 3.05) is 11.9 Å². The van der Waals surface area contributed by atoms with Gasteiger partial charge in [-0.2, -0.15) is 11.3 Å². The third kappa shape index (κ3) is 2.71. The van der Waals surface area contributed by atoms with E-state index in [1.165, 1.54) is 5.56 Å². The minimum absolute atomic E-state index is 0.404. The van der Waals surface area contributed by atoms with Crippen molar-refractivity contribution in [3.63, 3.8) is 0 Å². The second-order valence-electron chi connectivity index (χ2n) is 3.49. The maximum atomic E-state index is 5.66. The number of hydrogen-bond acceptors (Lipinski definition) is 4. The van der Waals surface area contributed by atoms with E-state index in [2.05, 4.69) is 31.7 Å². The first-order chi connectivity index (χ1) is 7.79. The van der Waals surface area contributed by atoms with E-state index in [0.717, 1.165) is 18.1 Å². The maximum absolute atomic E-state index is 5.66. The standard InChI is InChI=1S/C11H12ClN3S/c1-15(7-9-2-3-16-8-9)11-6-13-10(4-12)5-14-11/h2-3,5-6,8H,4,7H2,1H3. The van der Waals surface area contributed by atoms with Gasteiger partial charge in [0.15, 0.2) is 0 Å². The molecule has 0 N–H and O–H groups in total. The highest BCUT2D eigenvalue weighted by molar-refractivity contribution is 7.07. The molecule has 0 saturated carbocycles. The van der Waals surface area contributed by atoms with Crippen LogP contribution < -0.4 is 4.90 Å². The lowest BCUT2D eigenvalue weighted by Gasteiger charge is -2.16. The second kappa shape index (κ2) is 5.27. The van der Waals surface area contributed by atoms with Crippen molar-refractivity contribution >= 4 is 28.8 Å². The number of halogens is 1. The molecule has 0 bridgehead atoms. The molecular formula is C11H12ClN3S. The minimum Gasteiger partial charge on any atom is -0.354 e. The molecule has 5 heteroatoms. The number of anilines is 1. The summed E-state index contributed by atoms with van der Waals surface area (Å²) in [5, 5.41) is 4.21. The van der Waals surface area contributed by atoms with Gasteiger partial charge < -0.3 is 4.90 Å². The Balaban J connectivity index is 2.05. The van der Waals surface area contributed by atoms with Crippen LogP contribution in [-0.2, 0) is 12.4 Å². The average Bonchev–Trinajstić information content (AvgIpc) is 2.82. The first-order valence-corrected chi connectivity index (χ1v) is 6.36. The summed E-state index contributed by atoms with van der Waals surface area (Å²) < 4.78 is 0. The lowest BCUT2D eigenvalue weighted by atomic mass is 10.3. The Morgan fingerprint density at radius 1 is 1.38 bits per heavy atom. The SMILES string of the molecule is CN(Cc1ccsc1)c1cnc(CCl)cn1. The van der Waals surface area contributed by atoms with Crippen LogP contribution >= 0.6 is 22.9 Å². The molecule has 0 aliphatic carbocycles. The Bertz CT molecular complexity index is 427. The predicted octanol–water partition coefficient (Wildman–Crippen LogP) is 2.91. The van der Waals surface area contributed by atoms with Crippen molar-refractivity contribution in [1.82, 2.24) is 9.97 Å². The fourth-order valence-electron chi connectivity index (χ4n) is 1.35. The third-order valence-corrected chi connectivity index (χ3v) is 3.23. The zero-order valence-electron chi connectivity index (χ0n) is 8.93. The number of rotatable bonds is 4. The van der Waals surface area contributed by atoms with Gasteiger partial charge >= 0.3 is 0 Å². The summed E-state index contributed by atoms with van der Waals surface area (Å²) in [6, 6.07) is 2.11. The summed E-state index contributed by atoms with van der Waals surface area (Å²) in [7, 11) is 2.00. The number of nitrogens with zero attached hydrogens (tertiary/aromatic N) is 3. The summed E-state index contributed by atoms with van der Waals surface area (Å²) in [5.41, 5.74) is 2.09. The van der Waals surface area contributed by atoms with E-state index in [9.17, 15) is 0 Å². The van der Waals surface area contributed by atoms with E-state index < -0.39 is 0 Å². The van der Waals surface area contributed by atoms with E-state index >= 15 is 0 Å². The predicted molar refractivity (Wildman–Crippen MR) is 68.0 cm³/mol. The van der Waals surface area contributed by atoms with Crippen molar-refractivity contribution in [3.05, 3.63) is 40.5 Å². The second-order valence-corrected chi connectivity index (χ2v) is 4.53. The first kappa shape index (κ1) is 11.4. The molecule has 0 aliphatic rings.